The molecular weight excluding hydrogens is 414 g/mol. The van der Waals surface area contributed by atoms with E-state index in [2.05, 4.69) is 13.8 Å². The highest BCUT2D eigenvalue weighted by atomic mass is 16.4. The van der Waals surface area contributed by atoms with Crippen molar-refractivity contribution in [1.82, 2.24) is 9.88 Å². The molecule has 1 atom stereocenters. The number of carbonyl (C=O) groups is 2. The van der Waals surface area contributed by atoms with E-state index < -0.39 is 17.4 Å². The van der Waals surface area contributed by atoms with Crippen molar-refractivity contribution in [3.63, 3.8) is 0 Å². The van der Waals surface area contributed by atoms with E-state index in [1.165, 1.54) is 0 Å². The van der Waals surface area contributed by atoms with Gasteiger partial charge in [0.2, 0.25) is 0 Å². The van der Waals surface area contributed by atoms with E-state index >= 15 is 0 Å². The van der Waals surface area contributed by atoms with E-state index in [-0.39, 0.29) is 5.91 Å². The van der Waals surface area contributed by atoms with E-state index in [1.54, 1.807) is 0 Å². The molecule has 0 saturated carbocycles. The van der Waals surface area contributed by atoms with E-state index in [0.717, 1.165) is 34.4 Å². The number of aliphatic carboxylic acids is 1. The average molecular weight is 452 g/mol. The topological polar surface area (TPSA) is 96.5 Å². The number of piperidine rings is 1. The third kappa shape index (κ3) is 5.11. The molecule has 1 aliphatic heterocycles. The third-order valence-electron chi connectivity index (χ3n) is 6.70. The van der Waals surface area contributed by atoms with Gasteiger partial charge in [0.15, 0.2) is 0 Å². The molecule has 1 aromatic carbocycles. The molecule has 3 rings (SSSR count). The van der Waals surface area contributed by atoms with Gasteiger partial charge in [-0.25, -0.2) is 0 Å². The van der Waals surface area contributed by atoms with Gasteiger partial charge in [0.05, 0.1) is 17.2 Å². The summed E-state index contributed by atoms with van der Waals surface area (Å²) in [6, 6.07) is 8.18. The first-order chi connectivity index (χ1) is 15.5. The lowest BCUT2D eigenvalue weighted by molar-refractivity contribution is -0.144. The van der Waals surface area contributed by atoms with Crippen LogP contribution in [-0.4, -0.2) is 39.0 Å². The van der Waals surface area contributed by atoms with Gasteiger partial charge < -0.3 is 15.7 Å². The van der Waals surface area contributed by atoms with Gasteiger partial charge in [-0.1, -0.05) is 43.7 Å². The highest BCUT2D eigenvalue weighted by molar-refractivity contribution is 6.03. The first kappa shape index (κ1) is 24.9. The first-order valence-electron chi connectivity index (χ1n) is 11.8. The highest BCUT2D eigenvalue weighted by Gasteiger charge is 2.41. The Kier molecular flexibility index (Phi) is 7.27. The van der Waals surface area contributed by atoms with E-state index in [9.17, 15) is 14.7 Å². The number of aryl methyl sites for hydroxylation is 2. The number of carboxylic acids is 1. The Morgan fingerprint density at radius 1 is 1.21 bits per heavy atom. The van der Waals surface area contributed by atoms with Crippen molar-refractivity contribution in [2.24, 2.45) is 17.6 Å². The summed E-state index contributed by atoms with van der Waals surface area (Å²) in [5.74, 6) is -0.927. The molecule has 33 heavy (non-hydrogen) atoms. The van der Waals surface area contributed by atoms with Crippen LogP contribution in [-0.2, 0) is 17.8 Å². The van der Waals surface area contributed by atoms with Crippen molar-refractivity contribution < 1.29 is 14.7 Å². The van der Waals surface area contributed by atoms with Gasteiger partial charge >= 0.3 is 5.97 Å². The molecule has 0 radical (unpaired) electrons. The predicted octanol–water partition coefficient (Wildman–Crippen LogP) is 4.74. The number of carboxylic acid groups (broad SMARTS) is 1. The molecule has 0 bridgehead atoms. The third-order valence-corrected chi connectivity index (χ3v) is 6.70. The standard InChI is InChI=1S/C27H37N3O3/c1-16(2)13-22-21(15-28)24(19-9-7-17(3)8-10-19)23(18(4)29-22)25(31)30-12-11-20(26(32)33)14-27(30,5)6/h7-10,16,20H,11-15,28H2,1-6H3,(H,32,33). The van der Waals surface area contributed by atoms with Crippen LogP contribution >= 0.6 is 0 Å². The number of nitrogens with zero attached hydrogens (tertiary/aromatic N) is 2. The predicted molar refractivity (Wildman–Crippen MR) is 131 cm³/mol. The Morgan fingerprint density at radius 2 is 1.85 bits per heavy atom. The molecule has 1 amide bonds. The number of pyridine rings is 1. The van der Waals surface area contributed by atoms with Gasteiger partial charge in [-0.05, 0) is 64.0 Å². The van der Waals surface area contributed by atoms with Crippen LogP contribution in [0.1, 0.15) is 73.4 Å². The van der Waals surface area contributed by atoms with Crippen LogP contribution in [0.3, 0.4) is 0 Å². The second-order valence-corrected chi connectivity index (χ2v) is 10.3. The van der Waals surface area contributed by atoms with Crippen molar-refractivity contribution in [2.75, 3.05) is 6.54 Å². The van der Waals surface area contributed by atoms with E-state index in [1.807, 2.05) is 56.9 Å². The SMILES string of the molecule is Cc1ccc(-c2c(CN)c(CC(C)C)nc(C)c2C(=O)N2CCC(C(=O)O)CC2(C)C)cc1. The number of aromatic nitrogens is 1. The first-order valence-corrected chi connectivity index (χ1v) is 11.8. The number of hydrogen-bond acceptors (Lipinski definition) is 4. The van der Waals surface area contributed by atoms with Crippen molar-refractivity contribution >= 4 is 11.9 Å². The van der Waals surface area contributed by atoms with Gasteiger partial charge in [-0.3, -0.25) is 14.6 Å². The highest BCUT2D eigenvalue weighted by Crippen LogP contribution is 2.37. The zero-order chi connectivity index (χ0) is 24.5. The number of carbonyl (C=O) groups excluding carboxylic acids is 1. The Balaban J connectivity index is 2.19. The zero-order valence-electron chi connectivity index (χ0n) is 20.7. The van der Waals surface area contributed by atoms with Crippen LogP contribution in [0.2, 0.25) is 0 Å². The maximum atomic E-state index is 14.1. The molecule has 1 saturated heterocycles. The van der Waals surface area contributed by atoms with Crippen molar-refractivity contribution in [1.29, 1.82) is 0 Å². The number of nitrogens with two attached hydrogens (primary N) is 1. The van der Waals surface area contributed by atoms with Gasteiger partial charge in [0.25, 0.3) is 5.91 Å². The van der Waals surface area contributed by atoms with Crippen molar-refractivity contribution in [3.8, 4) is 11.1 Å². The molecule has 178 valence electrons. The molecule has 6 nitrogen and oxygen atoms in total. The molecule has 2 heterocycles. The summed E-state index contributed by atoms with van der Waals surface area (Å²) < 4.78 is 0. The fourth-order valence-electron chi connectivity index (χ4n) is 5.00. The molecule has 0 aliphatic carbocycles. The number of rotatable bonds is 6. The maximum Gasteiger partial charge on any atom is 0.306 e. The number of hydrogen-bond donors (Lipinski definition) is 2. The Labute approximate surface area is 197 Å². The molecule has 1 aromatic heterocycles. The molecule has 2 aromatic rings. The van der Waals surface area contributed by atoms with Crippen LogP contribution < -0.4 is 5.73 Å². The summed E-state index contributed by atoms with van der Waals surface area (Å²) in [5, 5.41) is 9.52. The monoisotopic (exact) mass is 451 g/mol. The summed E-state index contributed by atoms with van der Waals surface area (Å²) in [6.07, 6.45) is 1.66. The molecule has 0 spiro atoms. The quantitative estimate of drug-likeness (QED) is 0.661. The van der Waals surface area contributed by atoms with Gasteiger partial charge in [0, 0.05) is 29.9 Å². The van der Waals surface area contributed by atoms with Crippen LogP contribution in [0.15, 0.2) is 24.3 Å². The fraction of sp³-hybridized carbons (Fsp3) is 0.519. The number of amides is 1. The van der Waals surface area contributed by atoms with Crippen LogP contribution in [0.5, 0.6) is 0 Å². The summed E-state index contributed by atoms with van der Waals surface area (Å²) in [6.45, 7) is 12.8. The Bertz CT molecular complexity index is 1040. The summed E-state index contributed by atoms with van der Waals surface area (Å²) in [4.78, 5) is 32.4. The molecular formula is C27H37N3O3. The van der Waals surface area contributed by atoms with E-state index in [4.69, 9.17) is 10.7 Å². The van der Waals surface area contributed by atoms with E-state index in [0.29, 0.717) is 43.1 Å². The smallest absolute Gasteiger partial charge is 0.306 e. The lowest BCUT2D eigenvalue weighted by Crippen LogP contribution is -2.54. The minimum absolute atomic E-state index is 0.102. The number of benzene rings is 1. The molecule has 1 fully saturated rings. The minimum Gasteiger partial charge on any atom is -0.481 e. The van der Waals surface area contributed by atoms with Crippen molar-refractivity contribution in [2.45, 2.75) is 72.9 Å². The minimum atomic E-state index is -0.795. The molecule has 1 aliphatic rings. The van der Waals surface area contributed by atoms with Crippen molar-refractivity contribution in [3.05, 3.63) is 52.3 Å². The molecule has 1 unspecified atom stereocenters. The van der Waals surface area contributed by atoms with Crippen LogP contribution in [0.4, 0.5) is 0 Å². The lowest BCUT2D eigenvalue weighted by atomic mass is 9.81. The summed E-state index contributed by atoms with van der Waals surface area (Å²) in [7, 11) is 0. The maximum absolute atomic E-state index is 14.1. The number of likely N-dealkylation sites (tertiary alicyclic amines) is 1. The van der Waals surface area contributed by atoms with Crippen LogP contribution in [0.25, 0.3) is 11.1 Å². The van der Waals surface area contributed by atoms with Gasteiger partial charge in [-0.15, -0.1) is 0 Å². The fourth-order valence-corrected chi connectivity index (χ4v) is 5.00. The largest absolute Gasteiger partial charge is 0.481 e. The van der Waals surface area contributed by atoms with Gasteiger partial charge in [0.1, 0.15) is 0 Å². The van der Waals surface area contributed by atoms with Crippen LogP contribution in [0, 0.1) is 25.7 Å². The second kappa shape index (κ2) is 9.64. The Morgan fingerprint density at radius 3 is 2.36 bits per heavy atom. The molecule has 3 N–H and O–H groups in total. The zero-order valence-corrected chi connectivity index (χ0v) is 20.7. The lowest BCUT2D eigenvalue weighted by Gasteiger charge is -2.45. The summed E-state index contributed by atoms with van der Waals surface area (Å²) in [5.41, 5.74) is 11.8. The summed E-state index contributed by atoms with van der Waals surface area (Å²) >= 11 is 0. The normalized spacial score (nSPS) is 17.9. The molecule has 6 heteroatoms. The van der Waals surface area contributed by atoms with Gasteiger partial charge in [-0.2, -0.15) is 0 Å². The Hall–Kier alpha value is -2.73. The second-order valence-electron chi connectivity index (χ2n) is 10.3. The average Bonchev–Trinajstić information content (AvgIpc) is 2.72.